The second-order valence-electron chi connectivity index (χ2n) is 4.80. The van der Waals surface area contributed by atoms with Gasteiger partial charge >= 0.3 is 0 Å². The van der Waals surface area contributed by atoms with Gasteiger partial charge in [-0.2, -0.15) is 0 Å². The van der Waals surface area contributed by atoms with E-state index >= 15 is 0 Å². The molecule has 0 aliphatic heterocycles. The van der Waals surface area contributed by atoms with E-state index in [9.17, 15) is 13.2 Å². The van der Waals surface area contributed by atoms with E-state index in [-0.39, 0.29) is 11.7 Å². The van der Waals surface area contributed by atoms with E-state index in [1.54, 1.807) is 0 Å². The highest BCUT2D eigenvalue weighted by molar-refractivity contribution is 7.92. The number of Topliss-reactive ketones (excluding diaryl/α,β-unsaturated/α-hetero) is 1. The molecule has 3 nitrogen and oxygen atoms in total. The molecular weight excluding hydrogens is 212 g/mol. The number of sulfone groups is 1. The van der Waals surface area contributed by atoms with Crippen LogP contribution in [0.3, 0.4) is 0 Å². The summed E-state index contributed by atoms with van der Waals surface area (Å²) in [5.74, 6) is 0.0921. The van der Waals surface area contributed by atoms with Crippen LogP contribution in [0.25, 0.3) is 0 Å². The Labute approximate surface area is 93.2 Å². The Balaban J connectivity index is 4.60. The van der Waals surface area contributed by atoms with E-state index in [2.05, 4.69) is 6.92 Å². The first-order valence-electron chi connectivity index (χ1n) is 5.35. The van der Waals surface area contributed by atoms with E-state index in [4.69, 9.17) is 0 Å². The standard InChI is InChI=1S/C11H22O3S/c1-6-7-9(2)8-10(12)11(3,4)15(5,13)14/h9H,6-8H2,1-5H3. The molecule has 0 aliphatic rings. The lowest BCUT2D eigenvalue weighted by Gasteiger charge is -2.22. The number of ketones is 1. The third kappa shape index (κ3) is 3.93. The molecule has 1 atom stereocenters. The second kappa shape index (κ2) is 5.10. The average Bonchev–Trinajstić information content (AvgIpc) is 2.02. The Morgan fingerprint density at radius 3 is 2.13 bits per heavy atom. The molecule has 0 saturated carbocycles. The van der Waals surface area contributed by atoms with Gasteiger partial charge in [-0.25, -0.2) is 8.42 Å². The predicted octanol–water partition coefficient (Wildman–Crippen LogP) is 2.21. The van der Waals surface area contributed by atoms with Crippen molar-refractivity contribution < 1.29 is 13.2 Å². The van der Waals surface area contributed by atoms with Crippen LogP contribution in [0.5, 0.6) is 0 Å². The molecule has 0 bridgehead atoms. The summed E-state index contributed by atoms with van der Waals surface area (Å²) in [6.07, 6.45) is 3.46. The quantitative estimate of drug-likeness (QED) is 0.708. The molecule has 90 valence electrons. The molecule has 0 aliphatic carbocycles. The molecule has 0 rings (SSSR count). The maximum absolute atomic E-state index is 11.8. The predicted molar refractivity (Wildman–Crippen MR) is 62.6 cm³/mol. The first-order chi connectivity index (χ1) is 6.63. The molecular formula is C11H22O3S. The normalized spacial score (nSPS) is 15.0. The summed E-state index contributed by atoms with van der Waals surface area (Å²) in [5, 5.41) is 0. The first kappa shape index (κ1) is 14.6. The number of hydrogen-bond donors (Lipinski definition) is 0. The molecule has 0 fully saturated rings. The van der Waals surface area contributed by atoms with Gasteiger partial charge in [0.15, 0.2) is 15.6 Å². The maximum Gasteiger partial charge on any atom is 0.159 e. The smallest absolute Gasteiger partial charge is 0.159 e. The number of hydrogen-bond acceptors (Lipinski definition) is 3. The highest BCUT2D eigenvalue weighted by Crippen LogP contribution is 2.22. The van der Waals surface area contributed by atoms with Gasteiger partial charge in [-0.05, 0) is 19.8 Å². The van der Waals surface area contributed by atoms with Crippen LogP contribution >= 0.6 is 0 Å². The van der Waals surface area contributed by atoms with Crippen molar-refractivity contribution >= 4 is 15.6 Å². The summed E-state index contributed by atoms with van der Waals surface area (Å²) in [6, 6.07) is 0. The van der Waals surface area contributed by atoms with Gasteiger partial charge in [0.2, 0.25) is 0 Å². The van der Waals surface area contributed by atoms with Crippen molar-refractivity contribution in [1.82, 2.24) is 0 Å². The molecule has 0 radical (unpaired) electrons. The fourth-order valence-corrected chi connectivity index (χ4v) is 1.86. The van der Waals surface area contributed by atoms with Crippen molar-refractivity contribution in [3.63, 3.8) is 0 Å². The average molecular weight is 234 g/mol. The van der Waals surface area contributed by atoms with Gasteiger partial charge in [0.05, 0.1) is 0 Å². The van der Waals surface area contributed by atoms with Crippen molar-refractivity contribution in [1.29, 1.82) is 0 Å². The van der Waals surface area contributed by atoms with Gasteiger partial charge in [0, 0.05) is 12.7 Å². The lowest BCUT2D eigenvalue weighted by molar-refractivity contribution is -0.121. The summed E-state index contributed by atoms with van der Waals surface area (Å²) < 4.78 is 21.6. The Bertz CT molecular complexity index is 315. The van der Waals surface area contributed by atoms with Crippen LogP contribution in [0, 0.1) is 5.92 Å². The van der Waals surface area contributed by atoms with Crippen molar-refractivity contribution in [2.45, 2.75) is 51.7 Å². The molecule has 0 aromatic carbocycles. The molecule has 0 aromatic heterocycles. The number of carbonyl (C=O) groups excluding carboxylic acids is 1. The van der Waals surface area contributed by atoms with Crippen molar-refractivity contribution in [2.24, 2.45) is 5.92 Å². The third-order valence-corrected chi connectivity index (χ3v) is 5.00. The third-order valence-electron chi connectivity index (χ3n) is 2.91. The van der Waals surface area contributed by atoms with Crippen molar-refractivity contribution in [3.05, 3.63) is 0 Å². The highest BCUT2D eigenvalue weighted by atomic mass is 32.2. The zero-order valence-corrected chi connectivity index (χ0v) is 11.1. The Morgan fingerprint density at radius 1 is 1.33 bits per heavy atom. The molecule has 0 amide bonds. The van der Waals surface area contributed by atoms with Crippen LogP contribution in [-0.4, -0.2) is 25.2 Å². The first-order valence-corrected chi connectivity index (χ1v) is 7.25. The minimum atomic E-state index is -3.31. The zero-order valence-electron chi connectivity index (χ0n) is 10.3. The maximum atomic E-state index is 11.8. The van der Waals surface area contributed by atoms with Crippen LogP contribution in [0.1, 0.15) is 47.0 Å². The Morgan fingerprint density at radius 2 is 1.80 bits per heavy atom. The molecule has 0 aromatic rings. The van der Waals surface area contributed by atoms with Gasteiger partial charge in [-0.15, -0.1) is 0 Å². The largest absolute Gasteiger partial charge is 0.298 e. The summed E-state index contributed by atoms with van der Waals surface area (Å²) in [6.45, 7) is 7.02. The Hall–Kier alpha value is -0.380. The number of rotatable bonds is 6. The minimum absolute atomic E-state index is 0.175. The fraction of sp³-hybridized carbons (Fsp3) is 0.909. The summed E-state index contributed by atoms with van der Waals surface area (Å²) in [7, 11) is -3.31. The topological polar surface area (TPSA) is 51.2 Å². The van der Waals surface area contributed by atoms with Crippen LogP contribution in [0.4, 0.5) is 0 Å². The van der Waals surface area contributed by atoms with Crippen molar-refractivity contribution in [2.75, 3.05) is 6.26 Å². The Kier molecular flexibility index (Phi) is 4.97. The molecule has 15 heavy (non-hydrogen) atoms. The van der Waals surface area contributed by atoms with Gasteiger partial charge < -0.3 is 0 Å². The summed E-state index contributed by atoms with van der Waals surface area (Å²) in [5.41, 5.74) is 0. The molecule has 0 heterocycles. The summed E-state index contributed by atoms with van der Waals surface area (Å²) >= 11 is 0. The van der Waals surface area contributed by atoms with E-state index in [1.165, 1.54) is 13.8 Å². The van der Waals surface area contributed by atoms with Crippen LogP contribution in [-0.2, 0) is 14.6 Å². The van der Waals surface area contributed by atoms with E-state index in [0.717, 1.165) is 19.1 Å². The van der Waals surface area contributed by atoms with Gasteiger partial charge in [0.1, 0.15) is 4.75 Å². The second-order valence-corrected chi connectivity index (χ2v) is 7.37. The molecule has 0 spiro atoms. The summed E-state index contributed by atoms with van der Waals surface area (Å²) in [4.78, 5) is 11.8. The zero-order chi connectivity index (χ0) is 12.3. The highest BCUT2D eigenvalue weighted by Gasteiger charge is 2.38. The van der Waals surface area contributed by atoms with Crippen LogP contribution in [0.15, 0.2) is 0 Å². The van der Waals surface area contributed by atoms with Gasteiger partial charge in [-0.3, -0.25) is 4.79 Å². The molecule has 1 unspecified atom stereocenters. The van der Waals surface area contributed by atoms with E-state index in [0.29, 0.717) is 6.42 Å². The van der Waals surface area contributed by atoms with Gasteiger partial charge in [-0.1, -0.05) is 26.7 Å². The van der Waals surface area contributed by atoms with Gasteiger partial charge in [0.25, 0.3) is 0 Å². The lowest BCUT2D eigenvalue weighted by atomic mass is 9.94. The SMILES string of the molecule is CCCC(C)CC(=O)C(C)(C)S(C)(=O)=O. The molecule has 4 heteroatoms. The van der Waals surface area contributed by atoms with E-state index < -0.39 is 14.6 Å². The minimum Gasteiger partial charge on any atom is -0.298 e. The monoisotopic (exact) mass is 234 g/mol. The fourth-order valence-electron chi connectivity index (χ4n) is 1.36. The lowest BCUT2D eigenvalue weighted by Crippen LogP contribution is -2.40. The van der Waals surface area contributed by atoms with Crippen molar-refractivity contribution in [3.8, 4) is 0 Å². The van der Waals surface area contributed by atoms with Crippen LogP contribution < -0.4 is 0 Å². The van der Waals surface area contributed by atoms with E-state index in [1.807, 2.05) is 6.92 Å². The molecule has 0 N–H and O–H groups in total. The number of carbonyl (C=O) groups is 1. The molecule has 0 saturated heterocycles. The van der Waals surface area contributed by atoms with Crippen LogP contribution in [0.2, 0.25) is 0 Å².